The fourth-order valence-electron chi connectivity index (χ4n) is 2.33. The van der Waals surface area contributed by atoms with Crippen molar-refractivity contribution in [3.63, 3.8) is 0 Å². The third kappa shape index (κ3) is 3.28. The van der Waals surface area contributed by atoms with Crippen molar-refractivity contribution < 1.29 is 5.11 Å². The number of nitrogens with two attached hydrogens (primary N) is 1. The van der Waals surface area contributed by atoms with Crippen LogP contribution in [0.4, 0.5) is 0 Å². The summed E-state index contributed by atoms with van der Waals surface area (Å²) in [5.74, 6) is 0. The van der Waals surface area contributed by atoms with E-state index in [-0.39, 0.29) is 6.61 Å². The lowest BCUT2D eigenvalue weighted by Gasteiger charge is -2.37. The molecule has 0 unspecified atom stereocenters. The molecule has 1 aromatic carbocycles. The first-order valence-corrected chi connectivity index (χ1v) is 6.85. The van der Waals surface area contributed by atoms with Gasteiger partial charge in [-0.25, -0.2) is 0 Å². The van der Waals surface area contributed by atoms with Gasteiger partial charge >= 0.3 is 0 Å². The van der Waals surface area contributed by atoms with Gasteiger partial charge in [-0.3, -0.25) is 4.90 Å². The lowest BCUT2D eigenvalue weighted by atomic mass is 9.91. The summed E-state index contributed by atoms with van der Waals surface area (Å²) in [5.41, 5.74) is 7.77. The quantitative estimate of drug-likeness (QED) is 0.767. The summed E-state index contributed by atoms with van der Waals surface area (Å²) < 4.78 is 0. The maximum absolute atomic E-state index is 9.14. The van der Waals surface area contributed by atoms with Crippen molar-refractivity contribution >= 4 is 17.2 Å². The molecule has 1 saturated carbocycles. The van der Waals surface area contributed by atoms with Crippen molar-refractivity contribution in [3.8, 4) is 0 Å². The molecular weight excluding hydrogens is 244 g/mol. The molecule has 0 amide bonds. The Balaban J connectivity index is 2.05. The number of benzene rings is 1. The Hall–Kier alpha value is -0.970. The van der Waals surface area contributed by atoms with E-state index >= 15 is 0 Å². The molecule has 4 heteroatoms. The molecule has 0 radical (unpaired) electrons. The van der Waals surface area contributed by atoms with Crippen LogP contribution in [0.15, 0.2) is 24.3 Å². The summed E-state index contributed by atoms with van der Waals surface area (Å²) in [6, 6.07) is 8.69. The highest BCUT2D eigenvalue weighted by Crippen LogP contribution is 2.26. The van der Waals surface area contributed by atoms with Gasteiger partial charge in [0.15, 0.2) is 0 Å². The molecule has 3 N–H and O–H groups in total. The molecule has 3 nitrogen and oxygen atoms in total. The highest BCUT2D eigenvalue weighted by molar-refractivity contribution is 7.80. The van der Waals surface area contributed by atoms with Crippen LogP contribution in [0.3, 0.4) is 0 Å². The monoisotopic (exact) mass is 264 g/mol. The van der Waals surface area contributed by atoms with E-state index < -0.39 is 0 Å². The van der Waals surface area contributed by atoms with E-state index in [1.165, 1.54) is 24.8 Å². The molecule has 18 heavy (non-hydrogen) atoms. The molecule has 0 aliphatic heterocycles. The zero-order chi connectivity index (χ0) is 13.0. The highest BCUT2D eigenvalue weighted by atomic mass is 32.1. The first kappa shape index (κ1) is 13.5. The van der Waals surface area contributed by atoms with Gasteiger partial charge in [0.25, 0.3) is 0 Å². The molecule has 1 aromatic rings. The van der Waals surface area contributed by atoms with E-state index in [9.17, 15) is 0 Å². The van der Waals surface area contributed by atoms with Gasteiger partial charge in [-0.1, -0.05) is 36.8 Å². The number of aliphatic hydroxyl groups excluding tert-OH is 1. The van der Waals surface area contributed by atoms with E-state index in [0.29, 0.717) is 11.0 Å². The summed E-state index contributed by atoms with van der Waals surface area (Å²) in [4.78, 5) is 2.79. The lowest BCUT2D eigenvalue weighted by Crippen LogP contribution is -2.41. The van der Waals surface area contributed by atoms with Crippen molar-refractivity contribution in [2.45, 2.75) is 31.8 Å². The number of thiocarbonyl (C=S) groups is 1. The zero-order valence-electron chi connectivity index (χ0n) is 10.5. The molecule has 0 saturated heterocycles. The van der Waals surface area contributed by atoms with Gasteiger partial charge in [0.05, 0.1) is 6.61 Å². The number of hydrogen-bond acceptors (Lipinski definition) is 3. The standard InChI is InChI=1S/C14H20N2OS/c15-14(18)12-4-1-3-11(9-12)10-16(7-8-17)13-5-2-6-13/h1,3-4,9,13,17H,2,5-8,10H2,(H2,15,18). The Kier molecular flexibility index (Phi) is 4.69. The van der Waals surface area contributed by atoms with E-state index in [2.05, 4.69) is 11.0 Å². The molecule has 0 spiro atoms. The average molecular weight is 264 g/mol. The van der Waals surface area contributed by atoms with Crippen LogP contribution in [-0.4, -0.2) is 34.2 Å². The van der Waals surface area contributed by atoms with Crippen LogP contribution in [0, 0.1) is 0 Å². The zero-order valence-corrected chi connectivity index (χ0v) is 11.3. The second-order valence-corrected chi connectivity index (χ2v) is 5.28. The maximum Gasteiger partial charge on any atom is 0.103 e. The molecule has 1 aliphatic carbocycles. The highest BCUT2D eigenvalue weighted by Gasteiger charge is 2.24. The van der Waals surface area contributed by atoms with Crippen LogP contribution < -0.4 is 5.73 Å². The van der Waals surface area contributed by atoms with Crippen molar-refractivity contribution in [1.82, 2.24) is 4.90 Å². The van der Waals surface area contributed by atoms with Crippen LogP contribution in [0.5, 0.6) is 0 Å². The maximum atomic E-state index is 9.14. The normalized spacial score (nSPS) is 15.7. The second-order valence-electron chi connectivity index (χ2n) is 4.84. The summed E-state index contributed by atoms with van der Waals surface area (Å²) >= 11 is 5.00. The Morgan fingerprint density at radius 3 is 2.78 bits per heavy atom. The molecule has 2 rings (SSSR count). The summed E-state index contributed by atoms with van der Waals surface area (Å²) in [5, 5.41) is 9.14. The largest absolute Gasteiger partial charge is 0.395 e. The van der Waals surface area contributed by atoms with Gasteiger partial charge < -0.3 is 10.8 Å². The van der Waals surface area contributed by atoms with Gasteiger partial charge in [0.1, 0.15) is 4.99 Å². The Morgan fingerprint density at radius 1 is 1.44 bits per heavy atom. The number of aliphatic hydroxyl groups is 1. The molecule has 98 valence electrons. The Bertz CT molecular complexity index is 418. The first-order valence-electron chi connectivity index (χ1n) is 6.44. The van der Waals surface area contributed by atoms with Crippen LogP contribution in [-0.2, 0) is 6.54 Å². The van der Waals surface area contributed by atoms with Gasteiger partial charge in [-0.05, 0) is 24.5 Å². The molecule has 1 fully saturated rings. The van der Waals surface area contributed by atoms with Crippen molar-refractivity contribution in [2.24, 2.45) is 5.73 Å². The fourth-order valence-corrected chi connectivity index (χ4v) is 2.46. The Labute approximate surface area is 114 Å². The summed E-state index contributed by atoms with van der Waals surface area (Å²) in [6.07, 6.45) is 3.80. The van der Waals surface area contributed by atoms with E-state index in [4.69, 9.17) is 23.1 Å². The summed E-state index contributed by atoms with van der Waals surface area (Å²) in [7, 11) is 0. The molecule has 0 atom stereocenters. The van der Waals surface area contributed by atoms with Crippen molar-refractivity contribution in [3.05, 3.63) is 35.4 Å². The average Bonchev–Trinajstić information content (AvgIpc) is 2.27. The number of nitrogens with zero attached hydrogens (tertiary/aromatic N) is 1. The predicted molar refractivity (Wildman–Crippen MR) is 77.5 cm³/mol. The smallest absolute Gasteiger partial charge is 0.103 e. The topological polar surface area (TPSA) is 49.5 Å². The minimum absolute atomic E-state index is 0.214. The van der Waals surface area contributed by atoms with Crippen LogP contribution in [0.2, 0.25) is 0 Å². The van der Waals surface area contributed by atoms with Gasteiger partial charge in [0.2, 0.25) is 0 Å². The van der Waals surface area contributed by atoms with E-state index in [1.807, 2.05) is 18.2 Å². The van der Waals surface area contributed by atoms with Gasteiger partial charge in [-0.2, -0.15) is 0 Å². The SMILES string of the molecule is NC(=S)c1cccc(CN(CCO)C2CCC2)c1. The lowest BCUT2D eigenvalue weighted by molar-refractivity contribution is 0.0945. The third-order valence-electron chi connectivity index (χ3n) is 3.58. The molecule has 1 aliphatic rings. The molecule has 0 aromatic heterocycles. The van der Waals surface area contributed by atoms with Gasteiger partial charge in [0, 0.05) is 24.7 Å². The number of hydrogen-bond donors (Lipinski definition) is 2. The van der Waals surface area contributed by atoms with Crippen LogP contribution in [0.25, 0.3) is 0 Å². The second kappa shape index (κ2) is 6.27. The molecule has 0 bridgehead atoms. The van der Waals surface area contributed by atoms with Crippen LogP contribution in [0.1, 0.15) is 30.4 Å². The molecule has 0 heterocycles. The van der Waals surface area contributed by atoms with Gasteiger partial charge in [-0.15, -0.1) is 0 Å². The minimum atomic E-state index is 0.214. The fraction of sp³-hybridized carbons (Fsp3) is 0.500. The third-order valence-corrected chi connectivity index (χ3v) is 3.81. The van der Waals surface area contributed by atoms with E-state index in [1.54, 1.807) is 0 Å². The first-order chi connectivity index (χ1) is 8.70. The van der Waals surface area contributed by atoms with Crippen LogP contribution >= 0.6 is 12.2 Å². The number of rotatable bonds is 6. The predicted octanol–water partition coefficient (Wildman–Crippen LogP) is 1.67. The van der Waals surface area contributed by atoms with Crippen molar-refractivity contribution in [1.29, 1.82) is 0 Å². The minimum Gasteiger partial charge on any atom is -0.395 e. The Morgan fingerprint density at radius 2 is 2.22 bits per heavy atom. The molecular formula is C14H20N2OS. The van der Waals surface area contributed by atoms with Crippen molar-refractivity contribution in [2.75, 3.05) is 13.2 Å². The van der Waals surface area contributed by atoms with E-state index in [0.717, 1.165) is 18.7 Å². The summed E-state index contributed by atoms with van der Waals surface area (Å²) in [6.45, 7) is 1.81.